The minimum Gasteiger partial charge on any atom is -0.364 e. The molecule has 0 N–H and O–H groups in total. The Balaban J connectivity index is 1.84. The van der Waals surface area contributed by atoms with E-state index in [0.29, 0.717) is 12.2 Å². The smallest absolute Gasteiger partial charge is 0.110 e. The van der Waals surface area contributed by atoms with Gasteiger partial charge in [0.25, 0.3) is 0 Å². The van der Waals surface area contributed by atoms with Crippen molar-refractivity contribution in [3.63, 3.8) is 0 Å². The van der Waals surface area contributed by atoms with Crippen LogP contribution in [-0.2, 0) is 4.74 Å². The van der Waals surface area contributed by atoms with Gasteiger partial charge in [0, 0.05) is 4.47 Å². The summed E-state index contributed by atoms with van der Waals surface area (Å²) in [5, 5.41) is 0. The van der Waals surface area contributed by atoms with Gasteiger partial charge in [-0.3, -0.25) is 0 Å². The summed E-state index contributed by atoms with van der Waals surface area (Å²) in [5.74, 6) is 1.59. The summed E-state index contributed by atoms with van der Waals surface area (Å²) in [6.07, 6.45) is 6.51. The predicted molar refractivity (Wildman–Crippen MR) is 66.5 cm³/mol. The van der Waals surface area contributed by atoms with E-state index in [9.17, 15) is 0 Å². The molecule has 0 unspecified atom stereocenters. The van der Waals surface area contributed by atoms with Crippen LogP contribution in [0, 0.1) is 5.92 Å². The van der Waals surface area contributed by atoms with Crippen LogP contribution in [0.25, 0.3) is 0 Å². The summed E-state index contributed by atoms with van der Waals surface area (Å²) in [4.78, 5) is 0. The van der Waals surface area contributed by atoms with Gasteiger partial charge in [-0.1, -0.05) is 34.8 Å². The number of ether oxygens (including phenoxy) is 1. The number of benzene rings is 1. The maximum Gasteiger partial charge on any atom is 0.110 e. The summed E-state index contributed by atoms with van der Waals surface area (Å²) in [5.41, 5.74) is 3.04. The second kappa shape index (κ2) is 3.33. The maximum absolute atomic E-state index is 5.91. The molecule has 3 aliphatic rings. The molecule has 0 bridgehead atoms. The molecule has 0 radical (unpaired) electrons. The average molecular weight is 279 g/mol. The van der Waals surface area contributed by atoms with Gasteiger partial charge in [0.1, 0.15) is 6.10 Å². The Kier molecular flexibility index (Phi) is 2.01. The summed E-state index contributed by atoms with van der Waals surface area (Å²) < 4.78 is 7.10. The van der Waals surface area contributed by atoms with Crippen LogP contribution in [0.15, 0.2) is 22.7 Å². The van der Waals surface area contributed by atoms with E-state index in [0.717, 1.165) is 11.8 Å². The zero-order valence-corrected chi connectivity index (χ0v) is 10.7. The van der Waals surface area contributed by atoms with Gasteiger partial charge in [0.15, 0.2) is 0 Å². The summed E-state index contributed by atoms with van der Waals surface area (Å²) >= 11 is 3.57. The molecule has 2 aliphatic carbocycles. The molecule has 16 heavy (non-hydrogen) atoms. The Morgan fingerprint density at radius 1 is 1.12 bits per heavy atom. The van der Waals surface area contributed by atoms with Crippen LogP contribution in [0.1, 0.15) is 48.8 Å². The van der Waals surface area contributed by atoms with E-state index in [4.69, 9.17) is 4.74 Å². The second-order valence-corrected chi connectivity index (χ2v) is 6.27. The van der Waals surface area contributed by atoms with Crippen molar-refractivity contribution in [2.75, 3.05) is 0 Å². The summed E-state index contributed by atoms with van der Waals surface area (Å²) in [6.45, 7) is 0. The summed E-state index contributed by atoms with van der Waals surface area (Å²) in [6, 6.07) is 6.78. The van der Waals surface area contributed by atoms with E-state index in [1.165, 1.54) is 35.7 Å². The van der Waals surface area contributed by atoms with Gasteiger partial charge in [-0.15, -0.1) is 0 Å². The van der Waals surface area contributed by atoms with E-state index >= 15 is 0 Å². The summed E-state index contributed by atoms with van der Waals surface area (Å²) in [7, 11) is 0. The SMILES string of the molecule is Brc1ccc2c(c1)[C@H]1O[C@H]1[C@@H]1CCCC[C@@H]21. The highest BCUT2D eigenvalue weighted by molar-refractivity contribution is 9.10. The average Bonchev–Trinajstić information content (AvgIpc) is 3.09. The minimum absolute atomic E-state index is 0.423. The third kappa shape index (κ3) is 1.26. The number of hydrogen-bond donors (Lipinski definition) is 0. The van der Waals surface area contributed by atoms with E-state index in [1.54, 1.807) is 5.56 Å². The topological polar surface area (TPSA) is 12.5 Å². The highest BCUT2D eigenvalue weighted by Crippen LogP contribution is 2.58. The molecule has 2 fully saturated rings. The van der Waals surface area contributed by atoms with Crippen molar-refractivity contribution in [2.45, 2.75) is 43.8 Å². The van der Waals surface area contributed by atoms with Crippen LogP contribution in [-0.4, -0.2) is 6.10 Å². The van der Waals surface area contributed by atoms with Crippen molar-refractivity contribution in [1.82, 2.24) is 0 Å². The molecule has 1 aromatic rings. The van der Waals surface area contributed by atoms with E-state index in [1.807, 2.05) is 0 Å². The molecule has 4 atom stereocenters. The van der Waals surface area contributed by atoms with Crippen LogP contribution < -0.4 is 0 Å². The van der Waals surface area contributed by atoms with Gasteiger partial charge in [-0.05, 0) is 47.9 Å². The second-order valence-electron chi connectivity index (χ2n) is 5.35. The molecule has 0 amide bonds. The van der Waals surface area contributed by atoms with Gasteiger partial charge in [-0.25, -0.2) is 0 Å². The van der Waals surface area contributed by atoms with Crippen molar-refractivity contribution in [2.24, 2.45) is 5.92 Å². The van der Waals surface area contributed by atoms with Gasteiger partial charge >= 0.3 is 0 Å². The van der Waals surface area contributed by atoms with E-state index < -0.39 is 0 Å². The first-order valence-corrected chi connectivity index (χ1v) is 7.09. The highest BCUT2D eigenvalue weighted by atomic mass is 79.9. The number of halogens is 1. The number of epoxide rings is 1. The molecule has 0 aromatic heterocycles. The normalized spacial score (nSPS) is 39.6. The molecular weight excluding hydrogens is 264 g/mol. The Hall–Kier alpha value is -0.340. The lowest BCUT2D eigenvalue weighted by Crippen LogP contribution is -2.27. The van der Waals surface area contributed by atoms with Crippen molar-refractivity contribution in [1.29, 1.82) is 0 Å². The Labute approximate surface area is 104 Å². The molecular formula is C14H15BrO. The minimum atomic E-state index is 0.423. The van der Waals surface area contributed by atoms with Crippen molar-refractivity contribution in [3.8, 4) is 0 Å². The lowest BCUT2D eigenvalue weighted by molar-refractivity contribution is 0.237. The molecule has 2 heteroatoms. The molecule has 1 aromatic carbocycles. The van der Waals surface area contributed by atoms with Crippen molar-refractivity contribution < 1.29 is 4.74 Å². The molecule has 1 saturated heterocycles. The molecule has 0 spiro atoms. The number of fused-ring (bicyclic) bond motifs is 6. The molecule has 4 rings (SSSR count). The predicted octanol–water partition coefficient (Wildman–Crippen LogP) is 4.18. The van der Waals surface area contributed by atoms with Gasteiger partial charge < -0.3 is 4.74 Å². The first-order chi connectivity index (χ1) is 7.84. The fraction of sp³-hybridized carbons (Fsp3) is 0.571. The molecule has 84 valence electrons. The third-order valence-corrected chi connectivity index (χ3v) is 5.02. The molecule has 1 nitrogen and oxygen atoms in total. The molecule has 1 saturated carbocycles. The maximum atomic E-state index is 5.91. The van der Waals surface area contributed by atoms with Crippen molar-refractivity contribution >= 4 is 15.9 Å². The first-order valence-electron chi connectivity index (χ1n) is 6.29. The van der Waals surface area contributed by atoms with Gasteiger partial charge in [0.2, 0.25) is 0 Å². The van der Waals surface area contributed by atoms with Crippen molar-refractivity contribution in [3.05, 3.63) is 33.8 Å². The lowest BCUT2D eigenvalue weighted by Gasteiger charge is -2.35. The Morgan fingerprint density at radius 3 is 2.94 bits per heavy atom. The van der Waals surface area contributed by atoms with Crippen LogP contribution in [0.4, 0.5) is 0 Å². The van der Waals surface area contributed by atoms with Crippen LogP contribution >= 0.6 is 15.9 Å². The quantitative estimate of drug-likeness (QED) is 0.649. The fourth-order valence-corrected chi connectivity index (χ4v) is 4.15. The monoisotopic (exact) mass is 278 g/mol. The fourth-order valence-electron chi connectivity index (χ4n) is 3.77. The zero-order chi connectivity index (χ0) is 10.7. The van der Waals surface area contributed by atoms with E-state index in [-0.39, 0.29) is 0 Å². The standard InChI is InChI=1S/C14H15BrO/c15-8-5-6-10-9-3-1-2-4-11(9)13-14(16-13)12(10)7-8/h5-7,9,11,13-14H,1-4H2/t9-,11+,13-,14+/m0/s1. The van der Waals surface area contributed by atoms with E-state index in [2.05, 4.69) is 34.1 Å². The van der Waals surface area contributed by atoms with Gasteiger partial charge in [0.05, 0.1) is 6.10 Å². The van der Waals surface area contributed by atoms with Crippen LogP contribution in [0.3, 0.4) is 0 Å². The zero-order valence-electron chi connectivity index (χ0n) is 9.16. The van der Waals surface area contributed by atoms with Crippen LogP contribution in [0.5, 0.6) is 0 Å². The van der Waals surface area contributed by atoms with Gasteiger partial charge in [-0.2, -0.15) is 0 Å². The Bertz CT molecular complexity index is 442. The number of rotatable bonds is 0. The Morgan fingerprint density at radius 2 is 2.00 bits per heavy atom. The van der Waals surface area contributed by atoms with Crippen LogP contribution in [0.2, 0.25) is 0 Å². The highest BCUT2D eigenvalue weighted by Gasteiger charge is 2.54. The molecule has 1 heterocycles. The number of hydrogen-bond acceptors (Lipinski definition) is 1. The largest absolute Gasteiger partial charge is 0.364 e. The third-order valence-electron chi connectivity index (χ3n) is 4.52. The first kappa shape index (κ1) is 9.67. The molecule has 1 aliphatic heterocycles. The lowest BCUT2D eigenvalue weighted by atomic mass is 9.68.